The van der Waals surface area contributed by atoms with Crippen LogP contribution in [0.1, 0.15) is 37.2 Å². The highest BCUT2D eigenvalue weighted by atomic mass is 16.6. The molecular formula is C14H22N4O3. The second-order valence-corrected chi connectivity index (χ2v) is 5.26. The maximum atomic E-state index is 12.6. The summed E-state index contributed by atoms with van der Waals surface area (Å²) in [7, 11) is 0. The molecule has 1 unspecified atom stereocenters. The molecule has 1 aliphatic heterocycles. The SMILES string of the molecule is CCN(CC1CCCN1)C(=O)c1cc([N+](=O)[O-])cn1CC. The predicted molar refractivity (Wildman–Crippen MR) is 79.4 cm³/mol. The van der Waals surface area contributed by atoms with E-state index in [1.165, 1.54) is 12.3 Å². The van der Waals surface area contributed by atoms with Crippen molar-refractivity contribution in [3.8, 4) is 0 Å². The van der Waals surface area contributed by atoms with Crippen LogP contribution in [0.25, 0.3) is 0 Å². The third-order valence-electron chi connectivity index (χ3n) is 3.92. The van der Waals surface area contributed by atoms with Crippen LogP contribution in [0.4, 0.5) is 5.69 Å². The lowest BCUT2D eigenvalue weighted by Crippen LogP contribution is -2.41. The standard InChI is InChI=1S/C14H22N4O3/c1-3-16-10-12(18(20)21)8-13(16)14(19)17(4-2)9-11-6-5-7-15-11/h8,10-11,15H,3-7,9H2,1-2H3. The molecule has 1 N–H and O–H groups in total. The Morgan fingerprint density at radius 3 is 2.86 bits per heavy atom. The summed E-state index contributed by atoms with van der Waals surface area (Å²) in [4.78, 5) is 24.8. The van der Waals surface area contributed by atoms with E-state index >= 15 is 0 Å². The van der Waals surface area contributed by atoms with Crippen LogP contribution in [-0.2, 0) is 6.54 Å². The molecule has 0 saturated carbocycles. The number of carbonyl (C=O) groups excluding carboxylic acids is 1. The van der Waals surface area contributed by atoms with Crippen LogP contribution in [0, 0.1) is 10.1 Å². The molecule has 2 rings (SSSR count). The fourth-order valence-electron chi connectivity index (χ4n) is 2.73. The van der Waals surface area contributed by atoms with Gasteiger partial charge in [0.05, 0.1) is 11.1 Å². The van der Waals surface area contributed by atoms with Gasteiger partial charge in [-0.2, -0.15) is 0 Å². The number of aryl methyl sites for hydroxylation is 1. The molecule has 1 amide bonds. The Morgan fingerprint density at radius 1 is 1.57 bits per heavy atom. The summed E-state index contributed by atoms with van der Waals surface area (Å²) in [6, 6.07) is 1.70. The maximum Gasteiger partial charge on any atom is 0.287 e. The molecular weight excluding hydrogens is 272 g/mol. The summed E-state index contributed by atoms with van der Waals surface area (Å²) >= 11 is 0. The monoisotopic (exact) mass is 294 g/mol. The first kappa shape index (κ1) is 15.5. The zero-order valence-corrected chi connectivity index (χ0v) is 12.5. The van der Waals surface area contributed by atoms with E-state index in [0.29, 0.717) is 31.4 Å². The van der Waals surface area contributed by atoms with Crippen molar-refractivity contribution in [2.75, 3.05) is 19.6 Å². The Morgan fingerprint density at radius 2 is 2.33 bits per heavy atom. The van der Waals surface area contributed by atoms with Crippen molar-refractivity contribution in [1.29, 1.82) is 0 Å². The number of amides is 1. The van der Waals surface area contributed by atoms with Gasteiger partial charge in [-0.05, 0) is 33.2 Å². The number of nitrogens with zero attached hydrogens (tertiary/aromatic N) is 3. The van der Waals surface area contributed by atoms with Crippen LogP contribution in [0.3, 0.4) is 0 Å². The summed E-state index contributed by atoms with van der Waals surface area (Å²) in [5, 5.41) is 14.3. The highest BCUT2D eigenvalue weighted by Gasteiger charge is 2.25. The van der Waals surface area contributed by atoms with E-state index in [1.807, 2.05) is 13.8 Å². The molecule has 0 radical (unpaired) electrons. The smallest absolute Gasteiger partial charge is 0.287 e. The maximum absolute atomic E-state index is 12.6. The predicted octanol–water partition coefficient (Wildman–Crippen LogP) is 1.63. The minimum atomic E-state index is -0.461. The molecule has 2 heterocycles. The third-order valence-corrected chi connectivity index (χ3v) is 3.92. The summed E-state index contributed by atoms with van der Waals surface area (Å²) in [5.41, 5.74) is 0.360. The van der Waals surface area contributed by atoms with Crippen molar-refractivity contribution in [2.45, 2.75) is 39.3 Å². The van der Waals surface area contributed by atoms with Crippen LogP contribution in [0.2, 0.25) is 0 Å². The summed E-state index contributed by atoms with van der Waals surface area (Å²) in [6.45, 7) is 6.58. The van der Waals surface area contributed by atoms with Gasteiger partial charge < -0.3 is 14.8 Å². The largest absolute Gasteiger partial charge is 0.337 e. The molecule has 1 aromatic rings. The average molecular weight is 294 g/mol. The van der Waals surface area contributed by atoms with Crippen molar-refractivity contribution in [3.63, 3.8) is 0 Å². The summed E-state index contributed by atoms with van der Waals surface area (Å²) < 4.78 is 1.64. The number of nitro groups is 1. The van der Waals surface area contributed by atoms with Gasteiger partial charge in [-0.25, -0.2) is 0 Å². The average Bonchev–Trinajstić information content (AvgIpc) is 3.12. The van der Waals surface area contributed by atoms with Gasteiger partial charge in [0.25, 0.3) is 11.6 Å². The van der Waals surface area contributed by atoms with E-state index in [-0.39, 0.29) is 11.6 Å². The number of carbonyl (C=O) groups is 1. The molecule has 1 aliphatic rings. The fraction of sp³-hybridized carbons (Fsp3) is 0.643. The van der Waals surface area contributed by atoms with Crippen LogP contribution in [0.15, 0.2) is 12.3 Å². The zero-order valence-electron chi connectivity index (χ0n) is 12.5. The molecule has 7 heteroatoms. The first-order chi connectivity index (χ1) is 10.1. The highest BCUT2D eigenvalue weighted by molar-refractivity contribution is 5.93. The second-order valence-electron chi connectivity index (χ2n) is 5.26. The number of aromatic nitrogens is 1. The van der Waals surface area contributed by atoms with Gasteiger partial charge in [-0.15, -0.1) is 0 Å². The van der Waals surface area contributed by atoms with Crippen LogP contribution in [-0.4, -0.2) is 46.0 Å². The van der Waals surface area contributed by atoms with Gasteiger partial charge >= 0.3 is 0 Å². The van der Waals surface area contributed by atoms with Gasteiger partial charge in [-0.3, -0.25) is 14.9 Å². The van der Waals surface area contributed by atoms with Crippen molar-refractivity contribution in [1.82, 2.24) is 14.8 Å². The molecule has 1 atom stereocenters. The van der Waals surface area contributed by atoms with Gasteiger partial charge in [0, 0.05) is 31.7 Å². The normalized spacial score (nSPS) is 17.9. The Kier molecular flexibility index (Phi) is 4.95. The summed E-state index contributed by atoms with van der Waals surface area (Å²) in [6.07, 6.45) is 3.63. The lowest BCUT2D eigenvalue weighted by atomic mass is 10.2. The number of nitrogens with one attached hydrogen (secondary N) is 1. The summed E-state index contributed by atoms with van der Waals surface area (Å²) in [5.74, 6) is -0.138. The van der Waals surface area contributed by atoms with Crippen molar-refractivity contribution in [2.24, 2.45) is 0 Å². The van der Waals surface area contributed by atoms with Gasteiger partial charge in [0.15, 0.2) is 0 Å². The quantitative estimate of drug-likeness (QED) is 0.638. The number of hydrogen-bond acceptors (Lipinski definition) is 4. The van der Waals surface area contributed by atoms with E-state index in [0.717, 1.165) is 19.4 Å². The van der Waals surface area contributed by atoms with E-state index in [2.05, 4.69) is 5.32 Å². The molecule has 0 aromatic carbocycles. The first-order valence-corrected chi connectivity index (χ1v) is 7.44. The van der Waals surface area contributed by atoms with Crippen LogP contribution < -0.4 is 5.32 Å². The molecule has 0 bridgehead atoms. The van der Waals surface area contributed by atoms with Gasteiger partial charge in [0.1, 0.15) is 5.69 Å². The topological polar surface area (TPSA) is 80.4 Å². The molecule has 0 aliphatic carbocycles. The van der Waals surface area contributed by atoms with Crippen LogP contribution in [0.5, 0.6) is 0 Å². The minimum Gasteiger partial charge on any atom is -0.337 e. The van der Waals surface area contributed by atoms with E-state index < -0.39 is 4.92 Å². The Labute approximate surface area is 124 Å². The first-order valence-electron chi connectivity index (χ1n) is 7.44. The molecule has 1 fully saturated rings. The highest BCUT2D eigenvalue weighted by Crippen LogP contribution is 2.19. The fourth-order valence-corrected chi connectivity index (χ4v) is 2.73. The Balaban J connectivity index is 2.17. The van der Waals surface area contributed by atoms with Crippen molar-refractivity contribution in [3.05, 3.63) is 28.1 Å². The molecule has 7 nitrogen and oxygen atoms in total. The van der Waals surface area contributed by atoms with Crippen molar-refractivity contribution >= 4 is 11.6 Å². The van der Waals surface area contributed by atoms with Crippen LogP contribution >= 0.6 is 0 Å². The molecule has 116 valence electrons. The van der Waals surface area contributed by atoms with E-state index in [4.69, 9.17) is 0 Å². The Bertz CT molecular complexity index is 520. The third kappa shape index (κ3) is 3.41. The lowest BCUT2D eigenvalue weighted by Gasteiger charge is -2.24. The van der Waals surface area contributed by atoms with Crippen molar-refractivity contribution < 1.29 is 9.72 Å². The molecule has 0 spiro atoms. The molecule has 21 heavy (non-hydrogen) atoms. The number of hydrogen-bond donors (Lipinski definition) is 1. The van der Waals surface area contributed by atoms with E-state index in [9.17, 15) is 14.9 Å². The lowest BCUT2D eigenvalue weighted by molar-refractivity contribution is -0.384. The van der Waals surface area contributed by atoms with Gasteiger partial charge in [-0.1, -0.05) is 0 Å². The molecule has 1 saturated heterocycles. The number of likely N-dealkylation sites (N-methyl/N-ethyl adjacent to an activating group) is 1. The second kappa shape index (κ2) is 6.71. The molecule has 1 aromatic heterocycles. The zero-order chi connectivity index (χ0) is 15.4. The van der Waals surface area contributed by atoms with Gasteiger partial charge in [0.2, 0.25) is 0 Å². The minimum absolute atomic E-state index is 0.0322. The van der Waals surface area contributed by atoms with E-state index in [1.54, 1.807) is 9.47 Å². The number of rotatable bonds is 6. The Hall–Kier alpha value is -1.89.